The molecule has 0 bridgehead atoms. The minimum atomic E-state index is 0.888. The van der Waals surface area contributed by atoms with E-state index in [1.54, 1.807) is 0 Å². The molecule has 0 unspecified atom stereocenters. The second-order valence-corrected chi connectivity index (χ2v) is 5.24. The summed E-state index contributed by atoms with van der Waals surface area (Å²) in [5.74, 6) is 0. The fraction of sp³-hybridized carbons (Fsp3) is 0.333. The summed E-state index contributed by atoms with van der Waals surface area (Å²) in [6.45, 7) is 8.31. The average molecular weight is 268 g/mol. The van der Waals surface area contributed by atoms with Crippen LogP contribution in [0.3, 0.4) is 0 Å². The molecular weight excluding hydrogens is 244 g/mol. The van der Waals surface area contributed by atoms with Crippen LogP contribution in [0.2, 0.25) is 0 Å². The van der Waals surface area contributed by atoms with Gasteiger partial charge in [0.2, 0.25) is 0 Å². The largest absolute Gasteiger partial charge is 0.342 e. The zero-order valence-corrected chi connectivity index (χ0v) is 12.9. The average Bonchev–Trinajstić information content (AvgIpc) is 2.44. The molecule has 2 rings (SSSR count). The molecule has 0 saturated carbocycles. The van der Waals surface area contributed by atoms with E-state index in [-0.39, 0.29) is 0 Å². The van der Waals surface area contributed by atoms with Gasteiger partial charge in [-0.25, -0.2) is 0 Å². The van der Waals surface area contributed by atoms with Gasteiger partial charge in [-0.1, -0.05) is 35.4 Å². The zero-order chi connectivity index (χ0) is 14.5. The van der Waals surface area contributed by atoms with Gasteiger partial charge in [0.15, 0.2) is 0 Å². The smallest absolute Gasteiger partial charge is 0.0456 e. The predicted molar refractivity (Wildman–Crippen MR) is 87.8 cm³/mol. The van der Waals surface area contributed by atoms with Gasteiger partial charge in [-0.2, -0.15) is 0 Å². The fourth-order valence-corrected chi connectivity index (χ4v) is 2.53. The van der Waals surface area contributed by atoms with Gasteiger partial charge in [0.25, 0.3) is 0 Å². The van der Waals surface area contributed by atoms with Crippen molar-refractivity contribution in [2.45, 2.75) is 27.3 Å². The molecule has 0 aliphatic heterocycles. The van der Waals surface area contributed by atoms with E-state index < -0.39 is 0 Å². The molecule has 0 aliphatic carbocycles. The van der Waals surface area contributed by atoms with Crippen molar-refractivity contribution in [3.8, 4) is 0 Å². The van der Waals surface area contributed by atoms with Crippen LogP contribution in [0.4, 0.5) is 11.4 Å². The maximum Gasteiger partial charge on any atom is 0.0456 e. The molecule has 0 aliphatic rings. The van der Waals surface area contributed by atoms with Crippen LogP contribution < -0.4 is 10.2 Å². The summed E-state index contributed by atoms with van der Waals surface area (Å²) < 4.78 is 0. The quantitative estimate of drug-likeness (QED) is 0.875. The van der Waals surface area contributed by atoms with E-state index in [1.807, 2.05) is 7.05 Å². The summed E-state index contributed by atoms with van der Waals surface area (Å²) >= 11 is 0. The molecule has 0 atom stereocenters. The summed E-state index contributed by atoms with van der Waals surface area (Å²) in [7, 11) is 1.99. The van der Waals surface area contributed by atoms with Crippen LogP contribution in [-0.4, -0.2) is 13.6 Å². The Balaban J connectivity index is 2.43. The van der Waals surface area contributed by atoms with Gasteiger partial charge >= 0.3 is 0 Å². The summed E-state index contributed by atoms with van der Waals surface area (Å²) in [5, 5.41) is 3.26. The van der Waals surface area contributed by atoms with E-state index in [9.17, 15) is 0 Å². The van der Waals surface area contributed by atoms with Crippen molar-refractivity contribution < 1.29 is 0 Å². The molecule has 2 heteroatoms. The van der Waals surface area contributed by atoms with Gasteiger partial charge in [0.05, 0.1) is 0 Å². The maximum absolute atomic E-state index is 3.26. The van der Waals surface area contributed by atoms with Gasteiger partial charge < -0.3 is 10.2 Å². The SMILES string of the molecule is CCN(c1ccc(C)cc1)c1ccc(C)cc1CNC. The van der Waals surface area contributed by atoms with Crippen molar-refractivity contribution in [3.63, 3.8) is 0 Å². The number of anilines is 2. The van der Waals surface area contributed by atoms with Gasteiger partial charge in [-0.15, -0.1) is 0 Å². The standard InChI is InChI=1S/C18H24N2/c1-5-20(17-9-6-14(2)7-10-17)18-11-8-15(3)12-16(18)13-19-4/h6-12,19H,5,13H2,1-4H3. The number of hydrogen-bond acceptors (Lipinski definition) is 2. The normalized spacial score (nSPS) is 10.6. The number of benzene rings is 2. The Labute approximate surface area is 122 Å². The third kappa shape index (κ3) is 3.20. The summed E-state index contributed by atoms with van der Waals surface area (Å²) in [5.41, 5.74) is 6.48. The molecule has 0 amide bonds. The molecule has 2 aromatic carbocycles. The molecule has 0 spiro atoms. The first-order valence-corrected chi connectivity index (χ1v) is 7.24. The van der Waals surface area contributed by atoms with Crippen molar-refractivity contribution in [2.24, 2.45) is 0 Å². The monoisotopic (exact) mass is 268 g/mol. The molecule has 1 N–H and O–H groups in total. The second kappa shape index (κ2) is 6.58. The first-order chi connectivity index (χ1) is 9.65. The van der Waals surface area contributed by atoms with E-state index in [2.05, 4.69) is 73.5 Å². The molecule has 20 heavy (non-hydrogen) atoms. The summed E-state index contributed by atoms with van der Waals surface area (Å²) in [4.78, 5) is 2.37. The number of hydrogen-bond donors (Lipinski definition) is 1. The van der Waals surface area contributed by atoms with Crippen molar-refractivity contribution in [3.05, 3.63) is 59.2 Å². The van der Waals surface area contributed by atoms with Crippen molar-refractivity contribution in [2.75, 3.05) is 18.5 Å². The minimum absolute atomic E-state index is 0.888. The van der Waals surface area contributed by atoms with Gasteiger partial charge in [0, 0.05) is 24.5 Å². The second-order valence-electron chi connectivity index (χ2n) is 5.24. The van der Waals surface area contributed by atoms with Crippen molar-refractivity contribution in [1.82, 2.24) is 5.32 Å². The van der Waals surface area contributed by atoms with Crippen LogP contribution >= 0.6 is 0 Å². The highest BCUT2D eigenvalue weighted by molar-refractivity contribution is 5.67. The molecule has 2 aromatic rings. The molecule has 0 heterocycles. The topological polar surface area (TPSA) is 15.3 Å². The Kier molecular flexibility index (Phi) is 4.80. The van der Waals surface area contributed by atoms with Crippen LogP contribution in [0.5, 0.6) is 0 Å². The Bertz CT molecular complexity index is 558. The minimum Gasteiger partial charge on any atom is -0.342 e. The molecule has 0 radical (unpaired) electrons. The third-order valence-corrected chi connectivity index (χ3v) is 3.55. The van der Waals surface area contributed by atoms with Crippen LogP contribution in [0.15, 0.2) is 42.5 Å². The summed E-state index contributed by atoms with van der Waals surface area (Å²) in [6.07, 6.45) is 0. The first-order valence-electron chi connectivity index (χ1n) is 7.24. The molecule has 0 fully saturated rings. The highest BCUT2D eigenvalue weighted by atomic mass is 15.1. The number of nitrogens with one attached hydrogen (secondary N) is 1. The van der Waals surface area contributed by atoms with Gasteiger partial charge in [-0.3, -0.25) is 0 Å². The Morgan fingerprint density at radius 3 is 2.20 bits per heavy atom. The Morgan fingerprint density at radius 1 is 0.950 bits per heavy atom. The lowest BCUT2D eigenvalue weighted by molar-refractivity contribution is 0.812. The number of nitrogens with zero attached hydrogens (tertiary/aromatic N) is 1. The lowest BCUT2D eigenvalue weighted by atomic mass is 10.1. The van der Waals surface area contributed by atoms with Crippen LogP contribution in [-0.2, 0) is 6.54 Å². The van der Waals surface area contributed by atoms with Crippen LogP contribution in [0.25, 0.3) is 0 Å². The van der Waals surface area contributed by atoms with Crippen LogP contribution in [0.1, 0.15) is 23.6 Å². The molecule has 0 saturated heterocycles. The first kappa shape index (κ1) is 14.6. The lowest BCUT2D eigenvalue weighted by Gasteiger charge is -2.26. The number of rotatable bonds is 5. The molecule has 0 aromatic heterocycles. The predicted octanol–water partition coefficient (Wildman–Crippen LogP) is 4.18. The highest BCUT2D eigenvalue weighted by Crippen LogP contribution is 2.29. The molecule has 106 valence electrons. The Hall–Kier alpha value is -1.80. The van der Waals surface area contributed by atoms with Crippen molar-refractivity contribution in [1.29, 1.82) is 0 Å². The highest BCUT2D eigenvalue weighted by Gasteiger charge is 2.11. The molecule has 2 nitrogen and oxygen atoms in total. The summed E-state index contributed by atoms with van der Waals surface area (Å²) in [6, 6.07) is 15.4. The van der Waals surface area contributed by atoms with E-state index in [4.69, 9.17) is 0 Å². The van der Waals surface area contributed by atoms with E-state index in [0.29, 0.717) is 0 Å². The van der Waals surface area contributed by atoms with Gasteiger partial charge in [-0.05, 0) is 51.6 Å². The van der Waals surface area contributed by atoms with E-state index >= 15 is 0 Å². The lowest BCUT2D eigenvalue weighted by Crippen LogP contribution is -2.19. The van der Waals surface area contributed by atoms with Gasteiger partial charge in [0.1, 0.15) is 0 Å². The third-order valence-electron chi connectivity index (χ3n) is 3.55. The number of aryl methyl sites for hydroxylation is 2. The van der Waals surface area contributed by atoms with E-state index in [1.165, 1.54) is 28.1 Å². The molecular formula is C18H24N2. The Morgan fingerprint density at radius 2 is 1.60 bits per heavy atom. The maximum atomic E-state index is 3.26. The van der Waals surface area contributed by atoms with Crippen LogP contribution in [0, 0.1) is 13.8 Å². The zero-order valence-electron chi connectivity index (χ0n) is 12.9. The van der Waals surface area contributed by atoms with Crippen molar-refractivity contribution >= 4 is 11.4 Å². The van der Waals surface area contributed by atoms with E-state index in [0.717, 1.165) is 13.1 Å². The fourth-order valence-electron chi connectivity index (χ4n) is 2.53.